The highest BCUT2D eigenvalue weighted by Gasteiger charge is 2.31. The second-order valence-electron chi connectivity index (χ2n) is 7.17. The van der Waals surface area contributed by atoms with Gasteiger partial charge in [-0.25, -0.2) is 8.42 Å². The predicted octanol–water partition coefficient (Wildman–Crippen LogP) is 1.67. The van der Waals surface area contributed by atoms with Crippen molar-refractivity contribution in [1.29, 1.82) is 0 Å². The minimum Gasteiger partial charge on any atom is -0.351 e. The summed E-state index contributed by atoms with van der Waals surface area (Å²) in [4.78, 5) is 14.9. The van der Waals surface area contributed by atoms with Gasteiger partial charge in [-0.2, -0.15) is 0 Å². The monoisotopic (exact) mass is 367 g/mol. The zero-order valence-electron chi connectivity index (χ0n) is 15.7. The lowest BCUT2D eigenvalue weighted by atomic mass is 10.1. The molecule has 1 atom stereocenters. The Kier molecular flexibility index (Phi) is 6.11. The van der Waals surface area contributed by atoms with Crippen LogP contribution in [0.25, 0.3) is 0 Å². The molecular formula is C18H29N3O3S. The van der Waals surface area contributed by atoms with Crippen molar-refractivity contribution in [3.63, 3.8) is 0 Å². The topological polar surface area (TPSA) is 69.7 Å². The molecule has 140 valence electrons. The van der Waals surface area contributed by atoms with Gasteiger partial charge in [-0.3, -0.25) is 9.10 Å². The first-order chi connectivity index (χ1) is 11.6. The van der Waals surface area contributed by atoms with Gasteiger partial charge in [-0.15, -0.1) is 0 Å². The summed E-state index contributed by atoms with van der Waals surface area (Å²) < 4.78 is 26.0. The van der Waals surface area contributed by atoms with Crippen LogP contribution in [0.4, 0.5) is 5.69 Å². The zero-order chi connectivity index (χ0) is 18.8. The molecular weight excluding hydrogens is 338 g/mol. The van der Waals surface area contributed by atoms with E-state index in [4.69, 9.17) is 0 Å². The summed E-state index contributed by atoms with van der Waals surface area (Å²) >= 11 is 0. The SMILES string of the molecule is Cc1cc(C)cc(N(C(C)C(=O)NC2CCN(C)CC2)S(C)(=O)=O)c1. The van der Waals surface area contributed by atoms with Gasteiger partial charge in [0, 0.05) is 6.04 Å². The number of sulfonamides is 1. The molecule has 0 bridgehead atoms. The van der Waals surface area contributed by atoms with Gasteiger partial charge in [0.25, 0.3) is 0 Å². The van der Waals surface area contributed by atoms with E-state index in [0.29, 0.717) is 5.69 Å². The fourth-order valence-corrected chi connectivity index (χ4v) is 4.52. The number of benzene rings is 1. The number of carbonyl (C=O) groups is 1. The van der Waals surface area contributed by atoms with Crippen molar-refractivity contribution < 1.29 is 13.2 Å². The van der Waals surface area contributed by atoms with Crippen LogP contribution in [-0.2, 0) is 14.8 Å². The Morgan fingerprint density at radius 1 is 1.20 bits per heavy atom. The van der Waals surface area contributed by atoms with Crippen LogP contribution in [0.5, 0.6) is 0 Å². The summed E-state index contributed by atoms with van der Waals surface area (Å²) in [5.74, 6) is -0.251. The summed E-state index contributed by atoms with van der Waals surface area (Å²) in [6, 6.07) is 4.89. The van der Waals surface area contributed by atoms with Crippen molar-refractivity contribution in [1.82, 2.24) is 10.2 Å². The molecule has 1 aliphatic heterocycles. The highest BCUT2D eigenvalue weighted by molar-refractivity contribution is 7.92. The molecule has 0 saturated carbocycles. The molecule has 0 aliphatic carbocycles. The first-order valence-electron chi connectivity index (χ1n) is 8.64. The highest BCUT2D eigenvalue weighted by Crippen LogP contribution is 2.24. The van der Waals surface area contributed by atoms with Crippen LogP contribution < -0.4 is 9.62 Å². The standard InChI is InChI=1S/C18H29N3O3S/c1-13-10-14(2)12-17(11-13)21(25(5,23)24)15(3)18(22)19-16-6-8-20(4)9-7-16/h10-12,15-16H,6-9H2,1-5H3,(H,19,22). The number of amides is 1. The summed E-state index contributed by atoms with van der Waals surface area (Å²) in [6.07, 6.45) is 2.92. The number of piperidine rings is 1. The van der Waals surface area contributed by atoms with Gasteiger partial charge in [-0.1, -0.05) is 6.07 Å². The molecule has 1 aromatic rings. The summed E-state index contributed by atoms with van der Waals surface area (Å²) in [5.41, 5.74) is 2.46. The molecule has 1 saturated heterocycles. The van der Waals surface area contributed by atoms with Gasteiger partial charge in [0.15, 0.2) is 0 Å². The Labute approximate surface area is 151 Å². The van der Waals surface area contributed by atoms with Gasteiger partial charge < -0.3 is 10.2 Å². The Morgan fingerprint density at radius 3 is 2.20 bits per heavy atom. The smallest absolute Gasteiger partial charge is 0.243 e. The van der Waals surface area contributed by atoms with Crippen molar-refractivity contribution in [3.8, 4) is 0 Å². The van der Waals surface area contributed by atoms with E-state index < -0.39 is 16.1 Å². The second-order valence-corrected chi connectivity index (χ2v) is 9.03. The number of likely N-dealkylation sites (tertiary alicyclic amines) is 1. The summed E-state index contributed by atoms with van der Waals surface area (Å²) in [5, 5.41) is 3.02. The van der Waals surface area contributed by atoms with E-state index >= 15 is 0 Å². The number of rotatable bonds is 5. The third-order valence-corrected chi connectivity index (χ3v) is 5.86. The molecule has 0 spiro atoms. The fourth-order valence-electron chi connectivity index (χ4n) is 3.36. The van der Waals surface area contributed by atoms with Gasteiger partial charge in [-0.05, 0) is 77.0 Å². The maximum Gasteiger partial charge on any atom is 0.243 e. The minimum absolute atomic E-state index is 0.104. The molecule has 1 aromatic carbocycles. The summed E-state index contributed by atoms with van der Waals surface area (Å²) in [6.45, 7) is 7.35. The van der Waals surface area contributed by atoms with Crippen LogP contribution in [0.1, 0.15) is 30.9 Å². The molecule has 7 heteroatoms. The Hall–Kier alpha value is -1.60. The van der Waals surface area contributed by atoms with Gasteiger partial charge in [0.05, 0.1) is 11.9 Å². The van der Waals surface area contributed by atoms with Gasteiger partial charge >= 0.3 is 0 Å². The normalized spacial score (nSPS) is 18.0. The largest absolute Gasteiger partial charge is 0.351 e. The number of nitrogens with one attached hydrogen (secondary N) is 1. The molecule has 1 amide bonds. The average molecular weight is 368 g/mol. The molecule has 25 heavy (non-hydrogen) atoms. The van der Waals surface area contributed by atoms with E-state index in [1.54, 1.807) is 19.1 Å². The van der Waals surface area contributed by atoms with E-state index in [9.17, 15) is 13.2 Å². The zero-order valence-corrected chi connectivity index (χ0v) is 16.6. The molecule has 1 unspecified atom stereocenters. The van der Waals surface area contributed by atoms with E-state index in [2.05, 4.69) is 17.3 Å². The number of nitrogens with zero attached hydrogens (tertiary/aromatic N) is 2. The van der Waals surface area contributed by atoms with Crippen molar-refractivity contribution in [2.24, 2.45) is 0 Å². The van der Waals surface area contributed by atoms with E-state index in [1.807, 2.05) is 19.9 Å². The Balaban J connectivity index is 2.21. The van der Waals surface area contributed by atoms with E-state index in [1.165, 1.54) is 4.31 Å². The van der Waals surface area contributed by atoms with Crippen LogP contribution in [0, 0.1) is 13.8 Å². The maximum absolute atomic E-state index is 12.7. The third-order valence-electron chi connectivity index (χ3n) is 4.61. The predicted molar refractivity (Wildman–Crippen MR) is 101 cm³/mol. The number of anilines is 1. The summed E-state index contributed by atoms with van der Waals surface area (Å²) in [7, 11) is -1.52. The second kappa shape index (κ2) is 7.74. The molecule has 2 rings (SSSR count). The van der Waals surface area contributed by atoms with Crippen LogP contribution in [0.15, 0.2) is 18.2 Å². The first-order valence-corrected chi connectivity index (χ1v) is 10.5. The number of hydrogen-bond donors (Lipinski definition) is 1. The number of aryl methyl sites for hydroxylation is 2. The fraction of sp³-hybridized carbons (Fsp3) is 0.611. The molecule has 1 N–H and O–H groups in total. The highest BCUT2D eigenvalue weighted by atomic mass is 32.2. The third kappa shape index (κ3) is 5.19. The lowest BCUT2D eigenvalue weighted by Crippen LogP contribution is -2.52. The van der Waals surface area contributed by atoms with Crippen molar-refractivity contribution in [3.05, 3.63) is 29.3 Å². The molecule has 0 radical (unpaired) electrons. The van der Waals surface area contributed by atoms with E-state index in [-0.39, 0.29) is 11.9 Å². The van der Waals surface area contributed by atoms with Crippen LogP contribution >= 0.6 is 0 Å². The average Bonchev–Trinajstić information content (AvgIpc) is 2.47. The van der Waals surface area contributed by atoms with Gasteiger partial charge in [0.2, 0.25) is 15.9 Å². The molecule has 1 aliphatic rings. The molecule has 6 nitrogen and oxygen atoms in total. The maximum atomic E-state index is 12.7. The van der Waals surface area contributed by atoms with E-state index in [0.717, 1.165) is 43.3 Å². The number of hydrogen-bond acceptors (Lipinski definition) is 4. The first kappa shape index (κ1) is 19.7. The molecule has 0 aromatic heterocycles. The van der Waals surface area contributed by atoms with Gasteiger partial charge in [0.1, 0.15) is 6.04 Å². The van der Waals surface area contributed by atoms with Crippen molar-refractivity contribution in [2.45, 2.75) is 45.7 Å². The van der Waals surface area contributed by atoms with Crippen LogP contribution in [-0.4, -0.2) is 57.7 Å². The Bertz CT molecular complexity index is 705. The van der Waals surface area contributed by atoms with Crippen molar-refractivity contribution >= 4 is 21.6 Å². The molecule has 1 fully saturated rings. The number of carbonyl (C=O) groups excluding carboxylic acids is 1. The lowest BCUT2D eigenvalue weighted by Gasteiger charge is -2.33. The Morgan fingerprint density at radius 2 is 1.72 bits per heavy atom. The van der Waals surface area contributed by atoms with Crippen molar-refractivity contribution in [2.75, 3.05) is 30.7 Å². The quantitative estimate of drug-likeness (QED) is 0.859. The minimum atomic E-state index is -3.58. The van der Waals surface area contributed by atoms with Crippen LogP contribution in [0.2, 0.25) is 0 Å². The molecule has 1 heterocycles. The van der Waals surface area contributed by atoms with Crippen LogP contribution in [0.3, 0.4) is 0 Å². The lowest BCUT2D eigenvalue weighted by molar-refractivity contribution is -0.122.